The van der Waals surface area contributed by atoms with Crippen LogP contribution in [0.15, 0.2) is 48.8 Å². The Morgan fingerprint density at radius 2 is 1.65 bits per heavy atom. The van der Waals surface area contributed by atoms with Gasteiger partial charge in [0.05, 0.1) is 11.1 Å². The Hall–Kier alpha value is -2.15. The topological polar surface area (TPSA) is 99.5 Å². The molecule has 0 radical (unpaired) electrons. The molecular formula is C18H22Cl2N2O4. The van der Waals surface area contributed by atoms with Crippen LogP contribution in [0.1, 0.15) is 39.1 Å². The summed E-state index contributed by atoms with van der Waals surface area (Å²) in [5.74, 6) is -2.25. The van der Waals surface area contributed by atoms with Crippen LogP contribution in [0.4, 0.5) is 0 Å². The number of pyridine rings is 1. The van der Waals surface area contributed by atoms with Crippen LogP contribution in [0.25, 0.3) is 0 Å². The van der Waals surface area contributed by atoms with Crippen LogP contribution in [0.3, 0.4) is 0 Å². The zero-order valence-corrected chi connectivity index (χ0v) is 15.6. The Balaban J connectivity index is 0.000000446. The van der Waals surface area contributed by atoms with Gasteiger partial charge >= 0.3 is 11.9 Å². The molecular weight excluding hydrogens is 379 g/mol. The highest BCUT2D eigenvalue weighted by molar-refractivity contribution is 5.93. The van der Waals surface area contributed by atoms with Gasteiger partial charge in [-0.2, -0.15) is 0 Å². The molecule has 3 rings (SSSR count). The summed E-state index contributed by atoms with van der Waals surface area (Å²) in [5, 5.41) is 20.5. The largest absolute Gasteiger partial charge is 0.478 e. The van der Waals surface area contributed by atoms with Crippen molar-refractivity contribution in [2.24, 2.45) is 0 Å². The molecule has 1 aromatic carbocycles. The fraction of sp³-hybridized carbons (Fsp3) is 0.278. The van der Waals surface area contributed by atoms with Gasteiger partial charge in [-0.3, -0.25) is 4.98 Å². The molecule has 1 fully saturated rings. The maximum absolute atomic E-state index is 10.4. The van der Waals surface area contributed by atoms with Crippen LogP contribution in [0.2, 0.25) is 0 Å². The zero-order chi connectivity index (χ0) is 17.4. The lowest BCUT2D eigenvalue weighted by atomic mass is 10.1. The molecule has 0 spiro atoms. The Morgan fingerprint density at radius 3 is 2.12 bits per heavy atom. The van der Waals surface area contributed by atoms with Crippen molar-refractivity contribution in [3.05, 3.63) is 65.5 Å². The van der Waals surface area contributed by atoms with Gasteiger partial charge in [0, 0.05) is 18.4 Å². The molecule has 0 atom stereocenters. The highest BCUT2D eigenvalue weighted by atomic mass is 35.5. The quantitative estimate of drug-likeness (QED) is 0.687. The van der Waals surface area contributed by atoms with Gasteiger partial charge in [0.25, 0.3) is 0 Å². The Labute approximate surface area is 164 Å². The smallest absolute Gasteiger partial charge is 0.335 e. The summed E-state index contributed by atoms with van der Waals surface area (Å²) in [6.45, 7) is 1.09. The second kappa shape index (κ2) is 12.2. The van der Waals surface area contributed by atoms with E-state index < -0.39 is 11.9 Å². The summed E-state index contributed by atoms with van der Waals surface area (Å²) in [6, 6.07) is 10.1. The van der Waals surface area contributed by atoms with Gasteiger partial charge in [0.15, 0.2) is 0 Å². The molecule has 0 unspecified atom stereocenters. The maximum atomic E-state index is 10.4. The van der Waals surface area contributed by atoms with Gasteiger partial charge < -0.3 is 15.5 Å². The summed E-state index contributed by atoms with van der Waals surface area (Å²) in [6.07, 6.45) is 7.59. The molecule has 26 heavy (non-hydrogen) atoms. The highest BCUT2D eigenvalue weighted by Gasteiger charge is 2.19. The zero-order valence-electron chi connectivity index (χ0n) is 14.0. The third kappa shape index (κ3) is 8.80. The van der Waals surface area contributed by atoms with Crippen LogP contribution in [-0.4, -0.2) is 39.7 Å². The molecule has 1 aliphatic carbocycles. The van der Waals surface area contributed by atoms with E-state index in [0.717, 1.165) is 25.1 Å². The Kier molecular flexibility index (Phi) is 11.2. The van der Waals surface area contributed by atoms with E-state index in [4.69, 9.17) is 10.2 Å². The van der Waals surface area contributed by atoms with Gasteiger partial charge in [0.2, 0.25) is 0 Å². The molecule has 1 saturated carbocycles. The number of nitrogens with one attached hydrogen (secondary N) is 1. The minimum Gasteiger partial charge on any atom is -0.478 e. The van der Waals surface area contributed by atoms with Crippen molar-refractivity contribution in [1.82, 2.24) is 10.3 Å². The summed E-state index contributed by atoms with van der Waals surface area (Å²) in [4.78, 5) is 24.8. The number of benzene rings is 1. The Bertz CT molecular complexity index is 665. The van der Waals surface area contributed by atoms with Crippen LogP contribution in [0.5, 0.6) is 0 Å². The van der Waals surface area contributed by atoms with Crippen molar-refractivity contribution in [2.45, 2.75) is 25.3 Å². The van der Waals surface area contributed by atoms with E-state index in [-0.39, 0.29) is 35.9 Å². The van der Waals surface area contributed by atoms with Crippen LogP contribution < -0.4 is 5.32 Å². The average molecular weight is 401 g/mol. The first-order valence-corrected chi connectivity index (χ1v) is 7.75. The molecule has 0 bridgehead atoms. The number of hydrogen-bond donors (Lipinski definition) is 3. The van der Waals surface area contributed by atoms with Crippen LogP contribution in [0, 0.1) is 0 Å². The van der Waals surface area contributed by atoms with E-state index in [0.29, 0.717) is 0 Å². The first-order chi connectivity index (χ1) is 11.6. The number of aromatic carboxylic acids is 2. The van der Waals surface area contributed by atoms with Gasteiger partial charge in [0.1, 0.15) is 0 Å². The van der Waals surface area contributed by atoms with Crippen molar-refractivity contribution < 1.29 is 19.8 Å². The molecule has 0 aliphatic heterocycles. The van der Waals surface area contributed by atoms with Gasteiger partial charge in [-0.1, -0.05) is 12.1 Å². The van der Waals surface area contributed by atoms with E-state index in [9.17, 15) is 9.59 Å². The molecule has 0 amide bonds. The molecule has 1 heterocycles. The van der Waals surface area contributed by atoms with E-state index in [1.165, 1.54) is 36.6 Å². The molecule has 0 saturated heterocycles. The van der Waals surface area contributed by atoms with E-state index in [1.54, 1.807) is 0 Å². The molecule has 1 aromatic heterocycles. The van der Waals surface area contributed by atoms with Crippen molar-refractivity contribution >= 4 is 36.8 Å². The summed E-state index contributed by atoms with van der Waals surface area (Å²) < 4.78 is 0. The Morgan fingerprint density at radius 1 is 1.04 bits per heavy atom. The van der Waals surface area contributed by atoms with Crippen LogP contribution in [-0.2, 0) is 6.42 Å². The van der Waals surface area contributed by atoms with Crippen LogP contribution >= 0.6 is 24.8 Å². The monoisotopic (exact) mass is 400 g/mol. The number of carbonyl (C=O) groups is 2. The summed E-state index contributed by atoms with van der Waals surface area (Å²) >= 11 is 0. The number of nitrogens with zero attached hydrogens (tertiary/aromatic N) is 1. The lowest BCUT2D eigenvalue weighted by molar-refractivity contribution is 0.0696. The number of rotatable bonds is 6. The third-order valence-electron chi connectivity index (χ3n) is 3.50. The summed E-state index contributed by atoms with van der Waals surface area (Å²) in [5.41, 5.74) is 1.29. The predicted octanol–water partition coefficient (Wildman–Crippen LogP) is 3.30. The fourth-order valence-electron chi connectivity index (χ4n) is 2.04. The fourth-order valence-corrected chi connectivity index (χ4v) is 2.04. The molecule has 8 heteroatoms. The van der Waals surface area contributed by atoms with Crippen molar-refractivity contribution in [1.29, 1.82) is 0 Å². The normalized spacial score (nSPS) is 11.8. The lowest BCUT2D eigenvalue weighted by Crippen LogP contribution is -2.19. The van der Waals surface area contributed by atoms with Gasteiger partial charge in [-0.25, -0.2) is 9.59 Å². The minimum atomic E-state index is -1.13. The summed E-state index contributed by atoms with van der Waals surface area (Å²) in [7, 11) is 0. The van der Waals surface area contributed by atoms with Gasteiger partial charge in [-0.15, -0.1) is 24.8 Å². The number of halogens is 2. The highest BCUT2D eigenvalue weighted by Crippen LogP contribution is 2.18. The van der Waals surface area contributed by atoms with E-state index in [1.807, 2.05) is 18.5 Å². The number of aromatic nitrogens is 1. The average Bonchev–Trinajstić information content (AvgIpc) is 3.41. The van der Waals surface area contributed by atoms with Crippen molar-refractivity contribution in [3.63, 3.8) is 0 Å². The first-order valence-electron chi connectivity index (χ1n) is 7.75. The van der Waals surface area contributed by atoms with Crippen molar-refractivity contribution in [2.75, 3.05) is 6.54 Å². The van der Waals surface area contributed by atoms with E-state index >= 15 is 0 Å². The first kappa shape index (κ1) is 23.9. The molecule has 2 aromatic rings. The number of hydrogen-bond acceptors (Lipinski definition) is 4. The second-order valence-corrected chi connectivity index (χ2v) is 5.53. The standard InChI is InChI=1S/C10H14N2.C8H6O4.2ClH/c1-2-9(8-11-6-1)5-7-12-10-3-4-10;9-7(10)5-2-1-3-6(4-5)8(11)12;;/h1-2,6,8,10,12H,3-5,7H2;1-4H,(H,9,10)(H,11,12);2*1H. The number of carboxylic acid groups (broad SMARTS) is 2. The molecule has 1 aliphatic rings. The van der Waals surface area contributed by atoms with E-state index in [2.05, 4.69) is 16.4 Å². The van der Waals surface area contributed by atoms with Crippen molar-refractivity contribution in [3.8, 4) is 0 Å². The minimum absolute atomic E-state index is 0. The van der Waals surface area contributed by atoms with Gasteiger partial charge in [-0.05, 0) is 55.6 Å². The third-order valence-corrected chi connectivity index (χ3v) is 3.50. The second-order valence-electron chi connectivity index (χ2n) is 5.53. The lowest BCUT2D eigenvalue weighted by Gasteiger charge is -2.01. The number of carboxylic acids is 2. The maximum Gasteiger partial charge on any atom is 0.335 e. The molecule has 6 nitrogen and oxygen atoms in total. The molecule has 3 N–H and O–H groups in total. The predicted molar refractivity (Wildman–Crippen MR) is 104 cm³/mol. The SMILES string of the molecule is Cl.Cl.O=C(O)c1cccc(C(=O)O)c1.c1cncc(CCNC2CC2)c1. The molecule has 142 valence electrons.